The van der Waals surface area contributed by atoms with E-state index in [0.29, 0.717) is 48.8 Å². The molecule has 3 rings (SSSR count). The van der Waals surface area contributed by atoms with Crippen molar-refractivity contribution < 1.29 is 22.7 Å². The summed E-state index contributed by atoms with van der Waals surface area (Å²) in [5.41, 5.74) is 0.712. The average molecular weight is 480 g/mol. The number of para-hydroxylation sites is 1. The SMILES string of the molecule is COCCNC(=O)c1ccccc1NC(=O)[C@H]1CCCN(S(=O)(=O)c2ccc(Cl)cc2)C1. The molecule has 0 spiro atoms. The van der Waals surface area contributed by atoms with Gasteiger partial charge in [-0.15, -0.1) is 0 Å². The molecule has 0 aromatic heterocycles. The van der Waals surface area contributed by atoms with Gasteiger partial charge in [0.15, 0.2) is 0 Å². The van der Waals surface area contributed by atoms with E-state index in [1.165, 1.54) is 28.6 Å². The van der Waals surface area contributed by atoms with E-state index >= 15 is 0 Å². The molecule has 1 fully saturated rings. The largest absolute Gasteiger partial charge is 0.383 e. The second-order valence-electron chi connectivity index (χ2n) is 7.44. The van der Waals surface area contributed by atoms with Crippen molar-refractivity contribution in [2.45, 2.75) is 17.7 Å². The van der Waals surface area contributed by atoms with Gasteiger partial charge in [-0.2, -0.15) is 4.31 Å². The Bertz CT molecular complexity index is 1060. The van der Waals surface area contributed by atoms with Gasteiger partial charge < -0.3 is 15.4 Å². The Hall–Kier alpha value is -2.46. The Morgan fingerprint density at radius 1 is 1.16 bits per heavy atom. The second kappa shape index (κ2) is 10.9. The number of benzene rings is 2. The molecule has 0 saturated carbocycles. The van der Waals surface area contributed by atoms with E-state index in [9.17, 15) is 18.0 Å². The van der Waals surface area contributed by atoms with Crippen molar-refractivity contribution in [2.75, 3.05) is 38.7 Å². The maximum atomic E-state index is 13.0. The molecule has 0 aliphatic carbocycles. The Kier molecular flexibility index (Phi) is 8.25. The number of halogens is 1. The number of piperidine rings is 1. The van der Waals surface area contributed by atoms with E-state index in [2.05, 4.69) is 10.6 Å². The van der Waals surface area contributed by atoms with Gasteiger partial charge in [-0.25, -0.2) is 8.42 Å². The van der Waals surface area contributed by atoms with E-state index in [-0.39, 0.29) is 23.3 Å². The van der Waals surface area contributed by atoms with Crippen LogP contribution in [-0.2, 0) is 19.6 Å². The lowest BCUT2D eigenvalue weighted by Gasteiger charge is -2.31. The van der Waals surface area contributed by atoms with Gasteiger partial charge in [-0.05, 0) is 49.2 Å². The molecule has 8 nitrogen and oxygen atoms in total. The minimum absolute atomic E-state index is 0.0684. The van der Waals surface area contributed by atoms with E-state index in [0.717, 1.165) is 0 Å². The molecule has 1 aliphatic rings. The molecule has 32 heavy (non-hydrogen) atoms. The summed E-state index contributed by atoms with van der Waals surface area (Å²) in [5, 5.41) is 5.98. The van der Waals surface area contributed by atoms with Crippen molar-refractivity contribution in [3.63, 3.8) is 0 Å². The first kappa shape index (κ1) is 24.2. The van der Waals surface area contributed by atoms with Crippen LogP contribution in [0.2, 0.25) is 5.02 Å². The van der Waals surface area contributed by atoms with Crippen molar-refractivity contribution in [3.8, 4) is 0 Å². The summed E-state index contributed by atoms with van der Waals surface area (Å²) in [5.74, 6) is -1.18. The summed E-state index contributed by atoms with van der Waals surface area (Å²) in [4.78, 5) is 25.5. The quantitative estimate of drug-likeness (QED) is 0.566. The number of sulfonamides is 1. The molecular formula is C22H26ClN3O5S. The lowest BCUT2D eigenvalue weighted by Crippen LogP contribution is -2.43. The molecule has 0 bridgehead atoms. The van der Waals surface area contributed by atoms with Crippen LogP contribution >= 0.6 is 11.6 Å². The number of hydrogen-bond donors (Lipinski definition) is 2. The maximum absolute atomic E-state index is 13.0. The highest BCUT2D eigenvalue weighted by Crippen LogP contribution is 2.26. The van der Waals surface area contributed by atoms with Crippen LogP contribution in [-0.4, -0.2) is 57.9 Å². The number of nitrogens with zero attached hydrogens (tertiary/aromatic N) is 1. The van der Waals surface area contributed by atoms with Gasteiger partial charge in [-0.1, -0.05) is 23.7 Å². The zero-order chi connectivity index (χ0) is 23.1. The molecule has 1 heterocycles. The summed E-state index contributed by atoms with van der Waals surface area (Å²) in [6.07, 6.45) is 1.12. The Morgan fingerprint density at radius 3 is 2.59 bits per heavy atom. The van der Waals surface area contributed by atoms with Gasteiger partial charge in [0.25, 0.3) is 5.91 Å². The summed E-state index contributed by atoms with van der Waals surface area (Å²) in [6.45, 7) is 1.13. The van der Waals surface area contributed by atoms with E-state index < -0.39 is 15.9 Å². The normalized spacial score (nSPS) is 17.0. The van der Waals surface area contributed by atoms with Gasteiger partial charge in [0.2, 0.25) is 15.9 Å². The Balaban J connectivity index is 1.70. The molecule has 2 amide bonds. The fourth-order valence-electron chi connectivity index (χ4n) is 3.52. The van der Waals surface area contributed by atoms with Gasteiger partial charge in [0.1, 0.15) is 0 Å². The third kappa shape index (κ3) is 5.86. The number of hydrogen-bond acceptors (Lipinski definition) is 5. The zero-order valence-electron chi connectivity index (χ0n) is 17.7. The molecule has 2 N–H and O–H groups in total. The minimum Gasteiger partial charge on any atom is -0.383 e. The first-order chi connectivity index (χ1) is 15.3. The summed E-state index contributed by atoms with van der Waals surface area (Å²) >= 11 is 5.86. The standard InChI is InChI=1S/C22H26ClN3O5S/c1-31-14-12-24-22(28)19-6-2-3-7-20(19)25-21(27)16-5-4-13-26(15-16)32(29,30)18-10-8-17(23)9-11-18/h2-3,6-11,16H,4-5,12-15H2,1H3,(H,24,28)(H,25,27)/t16-/m0/s1. The lowest BCUT2D eigenvalue weighted by molar-refractivity contribution is -0.120. The highest BCUT2D eigenvalue weighted by Gasteiger charge is 2.33. The highest BCUT2D eigenvalue weighted by atomic mass is 35.5. The fraction of sp³-hybridized carbons (Fsp3) is 0.364. The topological polar surface area (TPSA) is 105 Å². The summed E-state index contributed by atoms with van der Waals surface area (Å²) in [6, 6.07) is 12.7. The molecule has 2 aromatic carbocycles. The van der Waals surface area contributed by atoms with Crippen LogP contribution in [0.25, 0.3) is 0 Å². The van der Waals surface area contributed by atoms with Crippen molar-refractivity contribution in [1.29, 1.82) is 0 Å². The predicted octanol–water partition coefficient (Wildman–Crippen LogP) is 2.76. The molecule has 10 heteroatoms. The molecule has 1 saturated heterocycles. The third-order valence-corrected chi connectivity index (χ3v) is 7.36. The Labute approximate surface area is 192 Å². The number of rotatable bonds is 8. The van der Waals surface area contributed by atoms with E-state index in [1.807, 2.05) is 0 Å². The number of ether oxygens (including phenoxy) is 1. The van der Waals surface area contributed by atoms with Gasteiger partial charge >= 0.3 is 0 Å². The number of amides is 2. The van der Waals surface area contributed by atoms with Crippen LogP contribution in [0, 0.1) is 5.92 Å². The smallest absolute Gasteiger partial charge is 0.253 e. The second-order valence-corrected chi connectivity index (χ2v) is 9.81. The van der Waals surface area contributed by atoms with Crippen molar-refractivity contribution in [2.24, 2.45) is 5.92 Å². The molecule has 1 aliphatic heterocycles. The molecule has 2 aromatic rings. The Morgan fingerprint density at radius 2 is 1.88 bits per heavy atom. The number of carbonyl (C=O) groups is 2. The fourth-order valence-corrected chi connectivity index (χ4v) is 5.17. The number of nitrogens with one attached hydrogen (secondary N) is 2. The molecule has 1 atom stereocenters. The van der Waals surface area contributed by atoms with Crippen molar-refractivity contribution in [3.05, 3.63) is 59.1 Å². The average Bonchev–Trinajstić information content (AvgIpc) is 2.80. The molecule has 0 unspecified atom stereocenters. The summed E-state index contributed by atoms with van der Waals surface area (Å²) in [7, 11) is -2.19. The minimum atomic E-state index is -3.73. The molecular weight excluding hydrogens is 454 g/mol. The summed E-state index contributed by atoms with van der Waals surface area (Å²) < 4.78 is 32.2. The zero-order valence-corrected chi connectivity index (χ0v) is 19.3. The molecule has 172 valence electrons. The monoisotopic (exact) mass is 479 g/mol. The van der Waals surface area contributed by atoms with Gasteiger partial charge in [0.05, 0.1) is 28.7 Å². The van der Waals surface area contributed by atoms with Crippen LogP contribution < -0.4 is 10.6 Å². The third-order valence-electron chi connectivity index (χ3n) is 5.23. The number of anilines is 1. The number of methoxy groups -OCH3 is 1. The van der Waals surface area contributed by atoms with Crippen LogP contribution in [0.5, 0.6) is 0 Å². The highest BCUT2D eigenvalue weighted by molar-refractivity contribution is 7.89. The lowest BCUT2D eigenvalue weighted by atomic mass is 9.98. The number of carbonyl (C=O) groups excluding carboxylic acids is 2. The van der Waals surface area contributed by atoms with Crippen LogP contribution in [0.4, 0.5) is 5.69 Å². The molecule has 0 radical (unpaired) electrons. The van der Waals surface area contributed by atoms with Gasteiger partial charge in [0, 0.05) is 31.8 Å². The van der Waals surface area contributed by atoms with Crippen molar-refractivity contribution in [1.82, 2.24) is 9.62 Å². The van der Waals surface area contributed by atoms with Crippen LogP contribution in [0.15, 0.2) is 53.4 Å². The van der Waals surface area contributed by atoms with Crippen LogP contribution in [0.3, 0.4) is 0 Å². The van der Waals surface area contributed by atoms with Crippen LogP contribution in [0.1, 0.15) is 23.2 Å². The maximum Gasteiger partial charge on any atom is 0.253 e. The van der Waals surface area contributed by atoms with E-state index in [1.54, 1.807) is 31.4 Å². The van der Waals surface area contributed by atoms with Gasteiger partial charge in [-0.3, -0.25) is 9.59 Å². The predicted molar refractivity (Wildman–Crippen MR) is 122 cm³/mol. The van der Waals surface area contributed by atoms with E-state index in [4.69, 9.17) is 16.3 Å². The first-order valence-electron chi connectivity index (χ1n) is 10.3. The first-order valence-corrected chi connectivity index (χ1v) is 12.1. The van der Waals surface area contributed by atoms with Crippen molar-refractivity contribution >= 4 is 39.1 Å².